The summed E-state index contributed by atoms with van der Waals surface area (Å²) >= 11 is 11.7. The molecule has 0 fully saturated rings. The lowest BCUT2D eigenvalue weighted by Gasteiger charge is -2.07. The second kappa shape index (κ2) is 17.9. The highest BCUT2D eigenvalue weighted by atomic mass is 35.5. The molecule has 10 nitrogen and oxygen atoms in total. The summed E-state index contributed by atoms with van der Waals surface area (Å²) in [6.07, 6.45) is 9.44. The van der Waals surface area contributed by atoms with E-state index in [1.165, 1.54) is 12.4 Å². The molecule has 4 aromatic carbocycles. The zero-order valence-corrected chi connectivity index (χ0v) is 29.2. The van der Waals surface area contributed by atoms with E-state index in [4.69, 9.17) is 33.4 Å². The second-order valence-corrected chi connectivity index (χ2v) is 12.3. The van der Waals surface area contributed by atoms with Gasteiger partial charge in [0.2, 0.25) is 10.9 Å². The molecule has 0 saturated carbocycles. The number of aromatic amines is 2. The first-order chi connectivity index (χ1) is 25.2. The molecule has 264 valence electrons. The Hall–Kier alpha value is -5.78. The predicted octanol–water partition coefficient (Wildman–Crippen LogP) is 6.23. The first-order valence-electron chi connectivity index (χ1n) is 16.1. The maximum Gasteiger partial charge on any atom is 0.257 e. The van der Waals surface area contributed by atoms with Gasteiger partial charge in [-0.3, -0.25) is 19.2 Å². The lowest BCUT2D eigenvalue weighted by Crippen LogP contribution is -2.28. The number of pyridine rings is 2. The third kappa shape index (κ3) is 9.71. The average Bonchev–Trinajstić information content (AvgIpc) is 3.16. The van der Waals surface area contributed by atoms with Crippen molar-refractivity contribution in [3.8, 4) is 0 Å². The highest BCUT2D eigenvalue weighted by Gasteiger charge is 2.14. The fourth-order valence-corrected chi connectivity index (χ4v) is 5.41. The Morgan fingerprint density at radius 1 is 0.596 bits per heavy atom. The van der Waals surface area contributed by atoms with Crippen LogP contribution in [-0.2, 0) is 13.1 Å². The average molecular weight is 738 g/mol. The van der Waals surface area contributed by atoms with Crippen LogP contribution in [0.15, 0.2) is 119 Å². The van der Waals surface area contributed by atoms with E-state index in [1.807, 2.05) is 36.4 Å². The number of fused-ring (bicyclic) bond motifs is 2. The Kier molecular flexibility index (Phi) is 12.9. The first-order valence-corrected chi connectivity index (χ1v) is 16.8. The summed E-state index contributed by atoms with van der Waals surface area (Å²) in [6.45, 7) is 0.433. The normalized spacial score (nSPS) is 11.2. The van der Waals surface area contributed by atoms with Crippen LogP contribution in [0.5, 0.6) is 0 Å². The zero-order valence-electron chi connectivity index (χ0n) is 27.7. The topological polar surface area (TPSA) is 164 Å². The maximum atomic E-state index is 12.7. The van der Waals surface area contributed by atoms with Gasteiger partial charge >= 0.3 is 0 Å². The van der Waals surface area contributed by atoms with Gasteiger partial charge in [0, 0.05) is 57.3 Å². The number of rotatable bonds is 10. The van der Waals surface area contributed by atoms with Crippen molar-refractivity contribution < 1.29 is 19.8 Å². The number of halogens is 2. The van der Waals surface area contributed by atoms with Crippen molar-refractivity contribution in [3.63, 3.8) is 0 Å². The lowest BCUT2D eigenvalue weighted by atomic mass is 10.1. The van der Waals surface area contributed by atoms with Crippen molar-refractivity contribution in [2.24, 2.45) is 0 Å². The van der Waals surface area contributed by atoms with Crippen LogP contribution in [0, 0.1) is 0 Å². The van der Waals surface area contributed by atoms with Gasteiger partial charge in [0.15, 0.2) is 0 Å². The van der Waals surface area contributed by atoms with Crippen molar-refractivity contribution in [2.75, 3.05) is 13.2 Å². The Morgan fingerprint density at radius 3 is 1.35 bits per heavy atom. The molecule has 0 aliphatic heterocycles. The van der Waals surface area contributed by atoms with E-state index in [0.29, 0.717) is 44.9 Å². The van der Waals surface area contributed by atoms with E-state index in [2.05, 4.69) is 20.6 Å². The monoisotopic (exact) mass is 736 g/mol. The van der Waals surface area contributed by atoms with Gasteiger partial charge < -0.3 is 30.8 Å². The molecular weight excluding hydrogens is 703 g/mol. The number of carbonyl (C=O) groups excluding carboxylic acids is 2. The molecule has 6 aromatic rings. The van der Waals surface area contributed by atoms with Gasteiger partial charge in [-0.15, -0.1) is 0 Å². The van der Waals surface area contributed by atoms with E-state index in [1.54, 1.807) is 72.8 Å². The van der Waals surface area contributed by atoms with Crippen LogP contribution < -0.4 is 21.5 Å². The van der Waals surface area contributed by atoms with Crippen molar-refractivity contribution in [3.05, 3.63) is 173 Å². The number of aromatic nitrogens is 2. The highest BCUT2D eigenvalue weighted by molar-refractivity contribution is 6.30. The Labute approximate surface area is 308 Å². The molecule has 2 heterocycles. The first kappa shape index (κ1) is 37.5. The van der Waals surface area contributed by atoms with Gasteiger partial charge in [-0.05, 0) is 70.8 Å². The minimum absolute atomic E-state index is 0.0507. The largest absolute Gasteiger partial charge is 0.392 e. The van der Waals surface area contributed by atoms with Crippen LogP contribution in [0.4, 0.5) is 0 Å². The van der Waals surface area contributed by atoms with Crippen molar-refractivity contribution >= 4 is 69.0 Å². The summed E-state index contributed by atoms with van der Waals surface area (Å²) < 4.78 is 0. The van der Waals surface area contributed by atoms with Gasteiger partial charge in [-0.1, -0.05) is 83.9 Å². The standard InChI is InChI=1S/2C20H17ClN2O3/c2*21-15-6-3-14(4-7-15)11-23-20(26)17-12-22-18-8-5-13(2-1-9-24)10-16(18)19(17)25/h2*1-8,10,12,24H,9,11H2,(H,22,25)(H,23,26)/b2-1+;2-1-. The molecule has 0 atom stereocenters. The number of H-pyrrole nitrogens is 2. The summed E-state index contributed by atoms with van der Waals surface area (Å²) in [6, 6.07) is 24.8. The predicted molar refractivity (Wildman–Crippen MR) is 207 cm³/mol. The third-order valence-corrected chi connectivity index (χ3v) is 8.37. The summed E-state index contributed by atoms with van der Waals surface area (Å²) in [4.78, 5) is 56.1. The fourth-order valence-electron chi connectivity index (χ4n) is 5.15. The Bertz CT molecular complexity index is 2220. The minimum Gasteiger partial charge on any atom is -0.392 e. The number of hydrogen-bond donors (Lipinski definition) is 6. The smallest absolute Gasteiger partial charge is 0.257 e. The van der Waals surface area contributed by atoms with E-state index in [-0.39, 0.29) is 35.2 Å². The second-order valence-electron chi connectivity index (χ2n) is 11.5. The summed E-state index contributed by atoms with van der Waals surface area (Å²) in [5.74, 6) is -0.890. The van der Waals surface area contributed by atoms with Gasteiger partial charge in [0.1, 0.15) is 11.1 Å². The molecule has 52 heavy (non-hydrogen) atoms. The van der Waals surface area contributed by atoms with Crippen molar-refractivity contribution in [2.45, 2.75) is 13.1 Å². The molecular formula is C40H34Cl2N4O6. The Balaban J connectivity index is 0.000000201. The van der Waals surface area contributed by atoms with Crippen LogP contribution in [0.2, 0.25) is 10.0 Å². The van der Waals surface area contributed by atoms with E-state index in [9.17, 15) is 19.2 Å². The van der Waals surface area contributed by atoms with Crippen LogP contribution in [-0.4, -0.2) is 45.2 Å². The maximum absolute atomic E-state index is 12.7. The van der Waals surface area contributed by atoms with Crippen LogP contribution in [0.25, 0.3) is 34.0 Å². The van der Waals surface area contributed by atoms with E-state index < -0.39 is 11.8 Å². The zero-order chi connectivity index (χ0) is 37.0. The number of carbonyl (C=O) groups is 2. The van der Waals surface area contributed by atoms with Crippen molar-refractivity contribution in [1.82, 2.24) is 20.6 Å². The number of aliphatic hydroxyl groups excluding tert-OH is 2. The molecule has 0 radical (unpaired) electrons. The molecule has 6 N–H and O–H groups in total. The number of nitrogens with one attached hydrogen (secondary N) is 4. The summed E-state index contributed by atoms with van der Waals surface area (Å²) in [5, 5.41) is 25.3. The lowest BCUT2D eigenvalue weighted by molar-refractivity contribution is 0.0941. The molecule has 2 aromatic heterocycles. The molecule has 2 amide bonds. The molecule has 12 heteroatoms. The highest BCUT2D eigenvalue weighted by Crippen LogP contribution is 2.15. The van der Waals surface area contributed by atoms with E-state index >= 15 is 0 Å². The van der Waals surface area contributed by atoms with E-state index in [0.717, 1.165) is 22.3 Å². The van der Waals surface area contributed by atoms with Crippen LogP contribution >= 0.6 is 23.2 Å². The number of amides is 2. The quantitative estimate of drug-likeness (QED) is 0.0976. The summed E-state index contributed by atoms with van der Waals surface area (Å²) in [7, 11) is 0. The number of benzene rings is 4. The van der Waals surface area contributed by atoms with Gasteiger partial charge in [0.05, 0.1) is 13.2 Å². The Morgan fingerprint density at radius 2 is 0.981 bits per heavy atom. The summed E-state index contributed by atoms with van der Waals surface area (Å²) in [5.41, 5.74) is 4.03. The molecule has 0 unspecified atom stereocenters. The number of hydrogen-bond acceptors (Lipinski definition) is 6. The number of aliphatic hydroxyl groups is 2. The minimum atomic E-state index is -0.445. The van der Waals surface area contributed by atoms with Gasteiger partial charge in [-0.2, -0.15) is 0 Å². The van der Waals surface area contributed by atoms with Crippen molar-refractivity contribution in [1.29, 1.82) is 0 Å². The fraction of sp³-hybridized carbons (Fsp3) is 0.100. The molecule has 0 aliphatic carbocycles. The van der Waals surface area contributed by atoms with Gasteiger partial charge in [-0.25, -0.2) is 0 Å². The van der Waals surface area contributed by atoms with Crippen LogP contribution in [0.3, 0.4) is 0 Å². The molecule has 0 bridgehead atoms. The van der Waals surface area contributed by atoms with Gasteiger partial charge in [0.25, 0.3) is 11.8 Å². The third-order valence-electron chi connectivity index (χ3n) is 7.86. The SMILES string of the molecule is O=C(NCc1ccc(Cl)cc1)c1c[nH]c2ccc(/C=C/CO)cc2c1=O.O=C(NCc1ccc(Cl)cc1)c1c[nH]c2ccc(/C=C\CO)cc2c1=O. The van der Waals surface area contributed by atoms with Crippen LogP contribution in [0.1, 0.15) is 43.0 Å². The molecule has 0 aliphatic rings. The molecule has 0 spiro atoms. The molecule has 0 saturated heterocycles. The molecule has 6 rings (SSSR count).